The van der Waals surface area contributed by atoms with Gasteiger partial charge in [-0.25, -0.2) is 0 Å². The van der Waals surface area contributed by atoms with E-state index < -0.39 is 0 Å². The summed E-state index contributed by atoms with van der Waals surface area (Å²) in [6.07, 6.45) is 2.05. The van der Waals surface area contributed by atoms with Gasteiger partial charge in [0.05, 0.1) is 13.2 Å². The van der Waals surface area contributed by atoms with Gasteiger partial charge in [0.2, 0.25) is 0 Å². The van der Waals surface area contributed by atoms with Crippen molar-refractivity contribution in [2.75, 3.05) is 26.2 Å². The maximum atomic E-state index is 11.4. The van der Waals surface area contributed by atoms with E-state index in [-0.39, 0.29) is 5.97 Å². The second-order valence-corrected chi connectivity index (χ2v) is 4.35. The van der Waals surface area contributed by atoms with E-state index in [1.54, 1.807) is 0 Å². The quantitative estimate of drug-likeness (QED) is 0.743. The van der Waals surface area contributed by atoms with Crippen molar-refractivity contribution in [1.82, 2.24) is 4.90 Å². The van der Waals surface area contributed by atoms with Crippen LogP contribution in [0.4, 0.5) is 0 Å². The average Bonchev–Trinajstić information content (AvgIpc) is 2.53. The Kier molecular flexibility index (Phi) is 4.15. The Labute approximate surface area is 102 Å². The third-order valence-corrected chi connectivity index (χ3v) is 3.17. The van der Waals surface area contributed by atoms with E-state index in [0.717, 1.165) is 25.9 Å². The number of carbonyl (C=O) groups is 1. The summed E-state index contributed by atoms with van der Waals surface area (Å²) in [5.41, 5.74) is 2.83. The minimum atomic E-state index is -0.113. The zero-order valence-electron chi connectivity index (χ0n) is 10.3. The van der Waals surface area contributed by atoms with E-state index in [1.165, 1.54) is 11.1 Å². The fraction of sp³-hybridized carbons (Fsp3) is 0.500. The van der Waals surface area contributed by atoms with Gasteiger partial charge in [-0.2, -0.15) is 0 Å². The van der Waals surface area contributed by atoms with Crippen molar-refractivity contribution >= 4 is 5.97 Å². The Morgan fingerprint density at radius 3 is 2.35 bits per heavy atom. The first-order chi connectivity index (χ1) is 8.29. The highest BCUT2D eigenvalue weighted by molar-refractivity contribution is 5.71. The molecular formula is C14H19NO2. The van der Waals surface area contributed by atoms with Gasteiger partial charge in [0.25, 0.3) is 0 Å². The van der Waals surface area contributed by atoms with Gasteiger partial charge in [-0.15, -0.1) is 0 Å². The fourth-order valence-electron chi connectivity index (χ4n) is 2.26. The number of esters is 1. The summed E-state index contributed by atoms with van der Waals surface area (Å²) in [6.45, 7) is 4.61. The number of benzene rings is 1. The molecule has 0 aliphatic carbocycles. The van der Waals surface area contributed by atoms with E-state index in [4.69, 9.17) is 4.74 Å². The van der Waals surface area contributed by atoms with Gasteiger partial charge in [-0.1, -0.05) is 24.3 Å². The van der Waals surface area contributed by atoms with Crippen molar-refractivity contribution in [3.05, 3.63) is 35.4 Å². The minimum Gasteiger partial charge on any atom is -0.465 e. The smallest absolute Gasteiger partial charge is 0.320 e. The van der Waals surface area contributed by atoms with Crippen LogP contribution in [0.15, 0.2) is 24.3 Å². The van der Waals surface area contributed by atoms with Crippen molar-refractivity contribution in [2.45, 2.75) is 19.8 Å². The number of nitrogens with zero attached hydrogens (tertiary/aromatic N) is 1. The van der Waals surface area contributed by atoms with Gasteiger partial charge in [0, 0.05) is 13.1 Å². The van der Waals surface area contributed by atoms with Gasteiger partial charge >= 0.3 is 5.97 Å². The SMILES string of the molecule is CCOC(=O)CN1CCc2ccccc2CC1. The lowest BCUT2D eigenvalue weighted by Crippen LogP contribution is -2.33. The van der Waals surface area contributed by atoms with Gasteiger partial charge in [-0.05, 0) is 30.9 Å². The van der Waals surface area contributed by atoms with Crippen LogP contribution < -0.4 is 0 Å². The first-order valence-electron chi connectivity index (χ1n) is 6.24. The lowest BCUT2D eigenvalue weighted by Gasteiger charge is -2.18. The number of hydrogen-bond donors (Lipinski definition) is 0. The van der Waals surface area contributed by atoms with Crippen LogP contribution in [-0.2, 0) is 22.4 Å². The van der Waals surface area contributed by atoms with Crippen LogP contribution in [0.25, 0.3) is 0 Å². The summed E-state index contributed by atoms with van der Waals surface area (Å²) < 4.78 is 4.98. The number of rotatable bonds is 3. The monoisotopic (exact) mass is 233 g/mol. The van der Waals surface area contributed by atoms with E-state index in [0.29, 0.717) is 13.2 Å². The van der Waals surface area contributed by atoms with E-state index in [1.807, 2.05) is 6.92 Å². The van der Waals surface area contributed by atoms with Crippen molar-refractivity contribution in [3.63, 3.8) is 0 Å². The van der Waals surface area contributed by atoms with Crippen LogP contribution in [0, 0.1) is 0 Å². The standard InChI is InChI=1S/C14H19NO2/c1-2-17-14(16)11-15-9-7-12-5-3-4-6-13(12)8-10-15/h3-6H,2,7-11H2,1H3. The maximum Gasteiger partial charge on any atom is 0.320 e. The molecule has 0 spiro atoms. The zero-order valence-corrected chi connectivity index (χ0v) is 10.3. The molecule has 0 unspecified atom stereocenters. The highest BCUT2D eigenvalue weighted by atomic mass is 16.5. The third kappa shape index (κ3) is 3.30. The fourth-order valence-corrected chi connectivity index (χ4v) is 2.26. The van der Waals surface area contributed by atoms with Gasteiger partial charge in [0.15, 0.2) is 0 Å². The molecule has 0 radical (unpaired) electrons. The van der Waals surface area contributed by atoms with Gasteiger partial charge < -0.3 is 4.74 Å². The molecule has 0 aromatic heterocycles. The third-order valence-electron chi connectivity index (χ3n) is 3.17. The molecule has 1 aromatic rings. The molecule has 0 fully saturated rings. The minimum absolute atomic E-state index is 0.113. The number of fused-ring (bicyclic) bond motifs is 1. The Morgan fingerprint density at radius 1 is 1.24 bits per heavy atom. The predicted molar refractivity (Wildman–Crippen MR) is 66.9 cm³/mol. The molecule has 0 bridgehead atoms. The molecule has 0 atom stereocenters. The van der Waals surface area contributed by atoms with Crippen LogP contribution in [0.2, 0.25) is 0 Å². The second-order valence-electron chi connectivity index (χ2n) is 4.35. The molecule has 1 heterocycles. The Hall–Kier alpha value is -1.35. The number of hydrogen-bond acceptors (Lipinski definition) is 3. The van der Waals surface area contributed by atoms with Crippen molar-refractivity contribution in [2.24, 2.45) is 0 Å². The Bertz CT molecular complexity index is 363. The molecule has 1 aliphatic rings. The second kappa shape index (κ2) is 5.82. The molecule has 92 valence electrons. The first kappa shape index (κ1) is 12.1. The van der Waals surface area contributed by atoms with E-state index >= 15 is 0 Å². The molecule has 1 aromatic carbocycles. The first-order valence-corrected chi connectivity index (χ1v) is 6.24. The molecule has 0 saturated heterocycles. The van der Waals surface area contributed by atoms with Gasteiger partial charge in [0.1, 0.15) is 0 Å². The largest absolute Gasteiger partial charge is 0.465 e. The summed E-state index contributed by atoms with van der Waals surface area (Å²) >= 11 is 0. The van der Waals surface area contributed by atoms with Crippen LogP contribution in [-0.4, -0.2) is 37.1 Å². The molecule has 2 rings (SSSR count). The maximum absolute atomic E-state index is 11.4. The molecule has 0 saturated carbocycles. The Balaban J connectivity index is 1.93. The Morgan fingerprint density at radius 2 is 1.82 bits per heavy atom. The molecule has 0 N–H and O–H groups in total. The molecular weight excluding hydrogens is 214 g/mol. The number of ether oxygens (including phenoxy) is 1. The van der Waals surface area contributed by atoms with Crippen LogP contribution >= 0.6 is 0 Å². The summed E-state index contributed by atoms with van der Waals surface area (Å²) in [5, 5.41) is 0. The van der Waals surface area contributed by atoms with Crippen LogP contribution in [0.3, 0.4) is 0 Å². The van der Waals surface area contributed by atoms with Crippen LogP contribution in [0.5, 0.6) is 0 Å². The highest BCUT2D eigenvalue weighted by Crippen LogP contribution is 2.15. The molecule has 17 heavy (non-hydrogen) atoms. The molecule has 3 nitrogen and oxygen atoms in total. The highest BCUT2D eigenvalue weighted by Gasteiger charge is 2.16. The van der Waals surface area contributed by atoms with Crippen LogP contribution in [0.1, 0.15) is 18.1 Å². The normalized spacial score (nSPS) is 16.1. The lowest BCUT2D eigenvalue weighted by molar-refractivity contribution is -0.144. The van der Waals surface area contributed by atoms with E-state index in [2.05, 4.69) is 29.2 Å². The predicted octanol–water partition coefficient (Wildman–Crippen LogP) is 1.65. The lowest BCUT2D eigenvalue weighted by atomic mass is 10.0. The summed E-state index contributed by atoms with van der Waals surface area (Å²) in [7, 11) is 0. The van der Waals surface area contributed by atoms with E-state index in [9.17, 15) is 4.79 Å². The summed E-state index contributed by atoms with van der Waals surface area (Å²) in [4.78, 5) is 13.6. The molecule has 0 amide bonds. The molecule has 1 aliphatic heterocycles. The topological polar surface area (TPSA) is 29.5 Å². The van der Waals surface area contributed by atoms with Crippen molar-refractivity contribution in [1.29, 1.82) is 0 Å². The van der Waals surface area contributed by atoms with Gasteiger partial charge in [-0.3, -0.25) is 9.69 Å². The van der Waals surface area contributed by atoms with Crippen molar-refractivity contribution in [3.8, 4) is 0 Å². The average molecular weight is 233 g/mol. The summed E-state index contributed by atoms with van der Waals surface area (Å²) in [5.74, 6) is -0.113. The zero-order chi connectivity index (χ0) is 12.1. The van der Waals surface area contributed by atoms with Crippen molar-refractivity contribution < 1.29 is 9.53 Å². The molecule has 3 heteroatoms. The number of carbonyl (C=O) groups excluding carboxylic acids is 1. The summed E-state index contributed by atoms with van der Waals surface area (Å²) in [6, 6.07) is 8.53.